The zero-order valence-corrected chi connectivity index (χ0v) is 7.55. The molecule has 0 fully saturated rings. The summed E-state index contributed by atoms with van der Waals surface area (Å²) in [5.41, 5.74) is 1.34. The fourth-order valence-electron chi connectivity index (χ4n) is 1.32. The van der Waals surface area contributed by atoms with E-state index in [1.165, 1.54) is 18.4 Å². The highest BCUT2D eigenvalue weighted by Crippen LogP contribution is 2.21. The Morgan fingerprint density at radius 2 is 2.27 bits per heavy atom. The number of hydrogen-bond acceptors (Lipinski definition) is 1. The van der Waals surface area contributed by atoms with Crippen LogP contribution < -0.4 is 0 Å². The van der Waals surface area contributed by atoms with Gasteiger partial charge in [0.1, 0.15) is 5.76 Å². The molecule has 0 aromatic carbocycles. The van der Waals surface area contributed by atoms with Gasteiger partial charge >= 0.3 is 0 Å². The van der Waals surface area contributed by atoms with E-state index in [1.807, 2.05) is 13.2 Å². The Kier molecular flexibility index (Phi) is 2.75. The summed E-state index contributed by atoms with van der Waals surface area (Å²) >= 11 is 0. The number of aryl methyl sites for hydroxylation is 1. The normalized spacial score (nSPS) is 13.4. The lowest BCUT2D eigenvalue weighted by Gasteiger charge is -2.04. The van der Waals surface area contributed by atoms with Crippen molar-refractivity contribution >= 4 is 0 Å². The Hall–Kier alpha value is -0.720. The van der Waals surface area contributed by atoms with E-state index in [4.69, 9.17) is 4.42 Å². The second-order valence-corrected chi connectivity index (χ2v) is 3.18. The van der Waals surface area contributed by atoms with E-state index in [0.717, 1.165) is 5.76 Å². The van der Waals surface area contributed by atoms with Gasteiger partial charge in [-0.05, 0) is 30.9 Å². The Morgan fingerprint density at radius 3 is 2.73 bits per heavy atom. The van der Waals surface area contributed by atoms with Crippen molar-refractivity contribution in [1.29, 1.82) is 0 Å². The van der Waals surface area contributed by atoms with E-state index in [1.54, 1.807) is 0 Å². The van der Waals surface area contributed by atoms with E-state index in [2.05, 4.69) is 19.9 Å². The van der Waals surface area contributed by atoms with Crippen LogP contribution in [0.3, 0.4) is 0 Å². The van der Waals surface area contributed by atoms with Gasteiger partial charge in [0.05, 0.1) is 6.26 Å². The molecule has 1 aromatic heterocycles. The summed E-state index contributed by atoms with van der Waals surface area (Å²) in [6, 6.07) is 2.13. The minimum absolute atomic E-state index is 0.650. The molecule has 1 aromatic rings. The van der Waals surface area contributed by atoms with Crippen LogP contribution in [0, 0.1) is 6.92 Å². The summed E-state index contributed by atoms with van der Waals surface area (Å²) in [4.78, 5) is 0. The Morgan fingerprint density at radius 1 is 1.55 bits per heavy atom. The third-order valence-electron chi connectivity index (χ3n) is 2.04. The predicted molar refractivity (Wildman–Crippen MR) is 46.8 cm³/mol. The summed E-state index contributed by atoms with van der Waals surface area (Å²) in [6.45, 7) is 6.44. The molecule has 0 aliphatic heterocycles. The van der Waals surface area contributed by atoms with Crippen molar-refractivity contribution in [3.63, 3.8) is 0 Å². The molecule has 11 heavy (non-hydrogen) atoms. The first kappa shape index (κ1) is 8.38. The molecule has 0 N–H and O–H groups in total. The number of hydrogen-bond donors (Lipinski definition) is 0. The maximum atomic E-state index is 5.23. The summed E-state index contributed by atoms with van der Waals surface area (Å²) < 4.78 is 5.23. The molecule has 0 aliphatic rings. The first-order chi connectivity index (χ1) is 5.24. The van der Waals surface area contributed by atoms with Gasteiger partial charge in [-0.25, -0.2) is 0 Å². The van der Waals surface area contributed by atoms with Crippen LogP contribution >= 0.6 is 0 Å². The third-order valence-corrected chi connectivity index (χ3v) is 2.04. The fourth-order valence-corrected chi connectivity index (χ4v) is 1.32. The summed E-state index contributed by atoms with van der Waals surface area (Å²) in [7, 11) is 0. The Labute approximate surface area is 68.4 Å². The number of rotatable bonds is 3. The van der Waals surface area contributed by atoms with Gasteiger partial charge in [-0.3, -0.25) is 0 Å². The summed E-state index contributed by atoms with van der Waals surface area (Å²) in [5, 5.41) is 0. The molecular formula is C10H16O. The molecule has 1 atom stereocenters. The molecule has 1 unspecified atom stereocenters. The second kappa shape index (κ2) is 3.61. The fraction of sp³-hybridized carbons (Fsp3) is 0.600. The van der Waals surface area contributed by atoms with E-state index in [9.17, 15) is 0 Å². The van der Waals surface area contributed by atoms with Gasteiger partial charge in [0.15, 0.2) is 0 Å². The SMILES string of the molecule is CCCC(C)c1coc(C)c1. The monoisotopic (exact) mass is 152 g/mol. The minimum Gasteiger partial charge on any atom is -0.469 e. The molecule has 1 heteroatoms. The van der Waals surface area contributed by atoms with Crippen molar-refractivity contribution in [2.24, 2.45) is 0 Å². The van der Waals surface area contributed by atoms with Crippen molar-refractivity contribution in [2.45, 2.75) is 39.5 Å². The summed E-state index contributed by atoms with van der Waals surface area (Å²) in [5.74, 6) is 1.67. The van der Waals surface area contributed by atoms with Gasteiger partial charge in [-0.15, -0.1) is 0 Å². The summed E-state index contributed by atoms with van der Waals surface area (Å²) in [6.07, 6.45) is 4.36. The zero-order chi connectivity index (χ0) is 8.27. The molecule has 1 heterocycles. The van der Waals surface area contributed by atoms with Crippen LogP contribution in [0.4, 0.5) is 0 Å². The van der Waals surface area contributed by atoms with Gasteiger partial charge in [-0.1, -0.05) is 20.3 Å². The topological polar surface area (TPSA) is 13.1 Å². The van der Waals surface area contributed by atoms with Crippen molar-refractivity contribution in [1.82, 2.24) is 0 Å². The van der Waals surface area contributed by atoms with E-state index in [-0.39, 0.29) is 0 Å². The Balaban J connectivity index is 2.60. The molecule has 1 nitrogen and oxygen atoms in total. The lowest BCUT2D eigenvalue weighted by molar-refractivity contribution is 0.527. The second-order valence-electron chi connectivity index (χ2n) is 3.18. The largest absolute Gasteiger partial charge is 0.469 e. The molecule has 0 aliphatic carbocycles. The Bertz CT molecular complexity index is 212. The van der Waals surface area contributed by atoms with E-state index < -0.39 is 0 Å². The highest BCUT2D eigenvalue weighted by atomic mass is 16.3. The van der Waals surface area contributed by atoms with Crippen molar-refractivity contribution < 1.29 is 4.42 Å². The first-order valence-electron chi connectivity index (χ1n) is 4.29. The van der Waals surface area contributed by atoms with E-state index in [0.29, 0.717) is 5.92 Å². The van der Waals surface area contributed by atoms with Crippen molar-refractivity contribution in [3.8, 4) is 0 Å². The maximum absolute atomic E-state index is 5.23. The highest BCUT2D eigenvalue weighted by Gasteiger charge is 2.05. The lowest BCUT2D eigenvalue weighted by atomic mass is 9.99. The van der Waals surface area contributed by atoms with Crippen LogP contribution in [0.2, 0.25) is 0 Å². The van der Waals surface area contributed by atoms with Crippen LogP contribution in [0.5, 0.6) is 0 Å². The molecule has 1 rings (SSSR count). The minimum atomic E-state index is 0.650. The smallest absolute Gasteiger partial charge is 0.100 e. The zero-order valence-electron chi connectivity index (χ0n) is 7.55. The average Bonchev–Trinajstić information content (AvgIpc) is 2.36. The van der Waals surface area contributed by atoms with Gasteiger partial charge in [0, 0.05) is 0 Å². The number of furan rings is 1. The van der Waals surface area contributed by atoms with Gasteiger partial charge in [0.2, 0.25) is 0 Å². The van der Waals surface area contributed by atoms with Crippen LogP contribution in [-0.4, -0.2) is 0 Å². The third kappa shape index (κ3) is 2.11. The lowest BCUT2D eigenvalue weighted by Crippen LogP contribution is -1.88. The molecular weight excluding hydrogens is 136 g/mol. The van der Waals surface area contributed by atoms with E-state index >= 15 is 0 Å². The average molecular weight is 152 g/mol. The van der Waals surface area contributed by atoms with Crippen LogP contribution in [0.25, 0.3) is 0 Å². The predicted octanol–water partition coefficient (Wildman–Crippen LogP) is 3.49. The molecule has 0 radical (unpaired) electrons. The van der Waals surface area contributed by atoms with Crippen LogP contribution in [0.1, 0.15) is 43.9 Å². The van der Waals surface area contributed by atoms with Crippen molar-refractivity contribution in [2.75, 3.05) is 0 Å². The molecule has 0 saturated carbocycles. The van der Waals surface area contributed by atoms with Crippen molar-refractivity contribution in [3.05, 3.63) is 23.7 Å². The van der Waals surface area contributed by atoms with Crippen LogP contribution in [0.15, 0.2) is 16.7 Å². The molecule has 0 bridgehead atoms. The standard InChI is InChI=1S/C10H16O/c1-4-5-8(2)10-6-9(3)11-7-10/h6-8H,4-5H2,1-3H3. The maximum Gasteiger partial charge on any atom is 0.100 e. The highest BCUT2D eigenvalue weighted by molar-refractivity contribution is 5.15. The quantitative estimate of drug-likeness (QED) is 0.646. The van der Waals surface area contributed by atoms with Gasteiger partial charge in [0.25, 0.3) is 0 Å². The molecule has 0 spiro atoms. The van der Waals surface area contributed by atoms with Gasteiger partial charge < -0.3 is 4.42 Å². The molecule has 0 amide bonds. The molecule has 62 valence electrons. The molecule has 0 saturated heterocycles. The van der Waals surface area contributed by atoms with Crippen LogP contribution in [-0.2, 0) is 0 Å². The van der Waals surface area contributed by atoms with Gasteiger partial charge in [-0.2, -0.15) is 0 Å². The first-order valence-corrected chi connectivity index (χ1v) is 4.29.